The number of anilines is 1. The van der Waals surface area contributed by atoms with Gasteiger partial charge in [-0.2, -0.15) is 13.2 Å². The topological polar surface area (TPSA) is 49.3 Å². The van der Waals surface area contributed by atoms with Crippen LogP contribution in [0, 0.1) is 12.3 Å². The van der Waals surface area contributed by atoms with Gasteiger partial charge < -0.3 is 10.4 Å². The van der Waals surface area contributed by atoms with Crippen molar-refractivity contribution in [3.05, 3.63) is 29.3 Å². The molecule has 1 aromatic carbocycles. The molecule has 0 amide bonds. The zero-order chi connectivity index (χ0) is 14.6. The maximum absolute atomic E-state index is 12.5. The summed E-state index contributed by atoms with van der Waals surface area (Å²) in [5.41, 5.74) is -1.32. The van der Waals surface area contributed by atoms with E-state index >= 15 is 0 Å². The van der Waals surface area contributed by atoms with E-state index in [1.54, 1.807) is 6.92 Å². The van der Waals surface area contributed by atoms with Crippen LogP contribution in [0.1, 0.15) is 29.3 Å². The third-order valence-corrected chi connectivity index (χ3v) is 2.40. The van der Waals surface area contributed by atoms with Crippen LogP contribution in [0.25, 0.3) is 0 Å². The number of alkyl halides is 3. The number of terminal acetylenes is 1. The molecule has 0 spiro atoms. The van der Waals surface area contributed by atoms with Gasteiger partial charge in [-0.1, -0.05) is 0 Å². The quantitative estimate of drug-likeness (QED) is 0.827. The van der Waals surface area contributed by atoms with Crippen molar-refractivity contribution < 1.29 is 23.1 Å². The lowest BCUT2D eigenvalue weighted by atomic mass is 10.1. The molecule has 0 radical (unpaired) electrons. The number of carboxylic acids is 1. The van der Waals surface area contributed by atoms with E-state index in [2.05, 4.69) is 11.2 Å². The SMILES string of the molecule is C#CCC(C)Nc1ccc(C(F)(F)F)cc1C(=O)O. The van der Waals surface area contributed by atoms with Crippen LogP contribution in [-0.4, -0.2) is 17.1 Å². The first-order valence-electron chi connectivity index (χ1n) is 5.40. The highest BCUT2D eigenvalue weighted by Crippen LogP contribution is 2.32. The molecule has 1 aromatic rings. The first-order chi connectivity index (χ1) is 8.75. The van der Waals surface area contributed by atoms with E-state index in [9.17, 15) is 18.0 Å². The molecule has 0 saturated carbocycles. The van der Waals surface area contributed by atoms with E-state index in [0.29, 0.717) is 12.5 Å². The van der Waals surface area contributed by atoms with Crippen LogP contribution in [0.3, 0.4) is 0 Å². The first-order valence-corrected chi connectivity index (χ1v) is 5.40. The molecule has 0 saturated heterocycles. The summed E-state index contributed by atoms with van der Waals surface area (Å²) in [6.07, 6.45) is 0.864. The van der Waals surface area contributed by atoms with Crippen molar-refractivity contribution in [1.82, 2.24) is 0 Å². The number of halogens is 3. The second-order valence-corrected chi connectivity index (χ2v) is 4.02. The number of carbonyl (C=O) groups is 1. The minimum atomic E-state index is -4.58. The smallest absolute Gasteiger partial charge is 0.416 e. The number of aromatic carboxylic acids is 1. The van der Waals surface area contributed by atoms with Gasteiger partial charge in [-0.3, -0.25) is 0 Å². The van der Waals surface area contributed by atoms with Crippen LogP contribution < -0.4 is 5.32 Å². The number of nitrogens with one attached hydrogen (secondary N) is 1. The average Bonchev–Trinajstić information content (AvgIpc) is 2.27. The van der Waals surface area contributed by atoms with Crippen molar-refractivity contribution in [2.45, 2.75) is 25.6 Å². The molecule has 19 heavy (non-hydrogen) atoms. The van der Waals surface area contributed by atoms with Crippen molar-refractivity contribution in [3.8, 4) is 12.3 Å². The fourth-order valence-electron chi connectivity index (χ4n) is 1.52. The van der Waals surface area contributed by atoms with Crippen LogP contribution in [0.4, 0.5) is 18.9 Å². The molecule has 1 rings (SSSR count). The van der Waals surface area contributed by atoms with Gasteiger partial charge in [-0.05, 0) is 25.1 Å². The first kappa shape index (κ1) is 14.9. The maximum Gasteiger partial charge on any atom is 0.416 e. The Morgan fingerprint density at radius 2 is 2.16 bits per heavy atom. The van der Waals surface area contributed by atoms with Crippen molar-refractivity contribution >= 4 is 11.7 Å². The molecule has 0 aromatic heterocycles. The van der Waals surface area contributed by atoms with E-state index in [-0.39, 0.29) is 11.7 Å². The molecule has 0 aliphatic heterocycles. The monoisotopic (exact) mass is 271 g/mol. The summed E-state index contributed by atoms with van der Waals surface area (Å²) in [6.45, 7) is 1.71. The summed E-state index contributed by atoms with van der Waals surface area (Å²) in [6, 6.07) is 2.30. The third-order valence-electron chi connectivity index (χ3n) is 2.40. The Labute approximate surface area is 108 Å². The second kappa shape index (κ2) is 5.65. The molecule has 0 aliphatic carbocycles. The van der Waals surface area contributed by atoms with Gasteiger partial charge >= 0.3 is 12.1 Å². The summed E-state index contributed by atoms with van der Waals surface area (Å²) < 4.78 is 37.5. The standard InChI is InChI=1S/C13H12F3NO2/c1-3-4-8(2)17-11-6-5-9(13(14,15)16)7-10(11)12(18)19/h1,5-8,17H,4H2,2H3,(H,18,19). The fourth-order valence-corrected chi connectivity index (χ4v) is 1.52. The molecule has 2 N–H and O–H groups in total. The van der Waals surface area contributed by atoms with Gasteiger partial charge in [0.1, 0.15) is 0 Å². The van der Waals surface area contributed by atoms with Crippen LogP contribution in [0.5, 0.6) is 0 Å². The Kier molecular flexibility index (Phi) is 4.43. The van der Waals surface area contributed by atoms with Crippen LogP contribution in [0.15, 0.2) is 18.2 Å². The van der Waals surface area contributed by atoms with Crippen molar-refractivity contribution in [2.75, 3.05) is 5.32 Å². The summed E-state index contributed by atoms with van der Waals surface area (Å²) >= 11 is 0. The highest BCUT2D eigenvalue weighted by atomic mass is 19.4. The van der Waals surface area contributed by atoms with E-state index in [1.807, 2.05) is 0 Å². The minimum absolute atomic E-state index is 0.114. The lowest BCUT2D eigenvalue weighted by Crippen LogP contribution is -2.17. The third kappa shape index (κ3) is 3.91. The fraction of sp³-hybridized carbons (Fsp3) is 0.308. The van der Waals surface area contributed by atoms with Gasteiger partial charge in [-0.15, -0.1) is 12.3 Å². The van der Waals surface area contributed by atoms with E-state index in [1.165, 1.54) is 0 Å². The Morgan fingerprint density at radius 1 is 1.53 bits per heavy atom. The second-order valence-electron chi connectivity index (χ2n) is 4.02. The van der Waals surface area contributed by atoms with Crippen LogP contribution >= 0.6 is 0 Å². The van der Waals surface area contributed by atoms with Crippen molar-refractivity contribution in [2.24, 2.45) is 0 Å². The number of benzene rings is 1. The van der Waals surface area contributed by atoms with Gasteiger partial charge in [0.2, 0.25) is 0 Å². The predicted octanol–water partition coefficient (Wildman–Crippen LogP) is 3.23. The van der Waals surface area contributed by atoms with Gasteiger partial charge in [0.15, 0.2) is 0 Å². The maximum atomic E-state index is 12.5. The largest absolute Gasteiger partial charge is 0.478 e. The molecule has 0 fully saturated rings. The highest BCUT2D eigenvalue weighted by Gasteiger charge is 2.31. The molecule has 1 atom stereocenters. The molecule has 3 nitrogen and oxygen atoms in total. The highest BCUT2D eigenvalue weighted by molar-refractivity contribution is 5.94. The zero-order valence-electron chi connectivity index (χ0n) is 10.1. The van der Waals surface area contributed by atoms with Crippen molar-refractivity contribution in [3.63, 3.8) is 0 Å². The Balaban J connectivity index is 3.13. The van der Waals surface area contributed by atoms with Gasteiger partial charge in [0, 0.05) is 18.2 Å². The van der Waals surface area contributed by atoms with E-state index in [0.717, 1.165) is 12.1 Å². The Bertz CT molecular complexity index is 518. The summed E-state index contributed by atoms with van der Waals surface area (Å²) in [7, 11) is 0. The molecule has 102 valence electrons. The van der Waals surface area contributed by atoms with Crippen LogP contribution in [-0.2, 0) is 6.18 Å². The number of carboxylic acid groups (broad SMARTS) is 1. The zero-order valence-corrected chi connectivity index (χ0v) is 10.1. The Morgan fingerprint density at radius 3 is 2.63 bits per heavy atom. The normalized spacial score (nSPS) is 12.6. The summed E-state index contributed by atoms with van der Waals surface area (Å²) in [4.78, 5) is 11.0. The number of hydrogen-bond donors (Lipinski definition) is 2. The molecule has 6 heteroatoms. The number of hydrogen-bond acceptors (Lipinski definition) is 2. The van der Waals surface area contributed by atoms with Gasteiger partial charge in [0.05, 0.1) is 11.1 Å². The molecular formula is C13H12F3NO2. The van der Waals surface area contributed by atoms with Gasteiger partial charge in [-0.25, -0.2) is 4.79 Å². The lowest BCUT2D eigenvalue weighted by Gasteiger charge is -2.16. The number of rotatable bonds is 4. The van der Waals surface area contributed by atoms with E-state index < -0.39 is 23.3 Å². The molecule has 0 aliphatic rings. The average molecular weight is 271 g/mol. The molecule has 0 heterocycles. The molecule has 1 unspecified atom stereocenters. The Hall–Kier alpha value is -2.16. The van der Waals surface area contributed by atoms with Gasteiger partial charge in [0.25, 0.3) is 0 Å². The van der Waals surface area contributed by atoms with E-state index in [4.69, 9.17) is 11.5 Å². The van der Waals surface area contributed by atoms with Crippen LogP contribution in [0.2, 0.25) is 0 Å². The summed E-state index contributed by atoms with van der Waals surface area (Å²) in [5.74, 6) is 0.953. The molecular weight excluding hydrogens is 259 g/mol. The lowest BCUT2D eigenvalue weighted by molar-refractivity contribution is -0.137. The van der Waals surface area contributed by atoms with Crippen molar-refractivity contribution in [1.29, 1.82) is 0 Å². The molecule has 0 bridgehead atoms. The minimum Gasteiger partial charge on any atom is -0.478 e. The predicted molar refractivity (Wildman–Crippen MR) is 64.9 cm³/mol. The summed E-state index contributed by atoms with van der Waals surface area (Å²) in [5, 5.41) is 11.7.